The molecule has 0 aromatic carbocycles. The first-order valence-corrected chi connectivity index (χ1v) is 5.64. The minimum atomic E-state index is 0.474. The summed E-state index contributed by atoms with van der Waals surface area (Å²) in [5, 5.41) is 10.4. The molecule has 5 heteroatoms. The van der Waals surface area contributed by atoms with Crippen molar-refractivity contribution in [1.29, 1.82) is 0 Å². The first kappa shape index (κ1) is 9.83. The van der Waals surface area contributed by atoms with Gasteiger partial charge in [0.25, 0.3) is 0 Å². The van der Waals surface area contributed by atoms with Crippen molar-refractivity contribution in [2.45, 2.75) is 39.2 Å². The number of aromatic amines is 1. The molecule has 1 saturated carbocycles. The van der Waals surface area contributed by atoms with Crippen molar-refractivity contribution in [3.8, 4) is 0 Å². The molecule has 3 atom stereocenters. The Balaban J connectivity index is 2.22. The van der Waals surface area contributed by atoms with Crippen molar-refractivity contribution in [2.24, 2.45) is 11.8 Å². The Morgan fingerprint density at radius 3 is 2.86 bits per heavy atom. The third-order valence-electron chi connectivity index (χ3n) is 3.53. The molecular weight excluding hydrogens is 196 g/mol. The maximum Gasteiger partial charge on any atom is 0.238 e. The second kappa shape index (κ2) is 3.81. The molecule has 1 aromatic rings. The smallest absolute Gasteiger partial charge is 0.238 e. The maximum atomic E-state index is 5.11. The second-order valence-electron chi connectivity index (χ2n) is 4.12. The number of aromatic nitrogens is 4. The first-order chi connectivity index (χ1) is 6.74. The van der Waals surface area contributed by atoms with Crippen molar-refractivity contribution in [1.82, 2.24) is 20.2 Å². The molecule has 0 spiro atoms. The quantitative estimate of drug-likeness (QED) is 0.765. The minimum Gasteiger partial charge on any atom is -0.239 e. The fraction of sp³-hybridized carbons (Fsp3) is 0.889. The van der Waals surface area contributed by atoms with Crippen molar-refractivity contribution < 1.29 is 0 Å². The second-order valence-corrected chi connectivity index (χ2v) is 4.49. The molecular formula is C9H16N4S. The minimum absolute atomic E-state index is 0.474. The SMILES string of the molecule is CCC1CCC(n2[nH]nnc2=S)C1C. The first-order valence-electron chi connectivity index (χ1n) is 5.23. The van der Waals surface area contributed by atoms with Gasteiger partial charge >= 0.3 is 0 Å². The predicted octanol–water partition coefficient (Wildman–Crippen LogP) is 2.33. The monoisotopic (exact) mass is 212 g/mol. The molecule has 1 aliphatic rings. The Bertz CT molecular complexity index is 356. The molecule has 0 saturated heterocycles. The number of hydrogen-bond acceptors (Lipinski definition) is 3. The van der Waals surface area contributed by atoms with E-state index in [0.717, 1.165) is 5.92 Å². The van der Waals surface area contributed by atoms with Gasteiger partial charge in [-0.2, -0.15) is 5.21 Å². The normalized spacial score (nSPS) is 32.3. The Morgan fingerprint density at radius 1 is 1.57 bits per heavy atom. The topological polar surface area (TPSA) is 46.5 Å². The van der Waals surface area contributed by atoms with Crippen LogP contribution in [0.1, 0.15) is 39.2 Å². The highest BCUT2D eigenvalue weighted by atomic mass is 32.1. The van der Waals surface area contributed by atoms with E-state index in [0.29, 0.717) is 16.7 Å². The summed E-state index contributed by atoms with van der Waals surface area (Å²) < 4.78 is 2.52. The summed E-state index contributed by atoms with van der Waals surface area (Å²) in [7, 11) is 0. The molecule has 1 aromatic heterocycles. The lowest BCUT2D eigenvalue weighted by Crippen LogP contribution is -2.17. The third kappa shape index (κ3) is 1.49. The van der Waals surface area contributed by atoms with E-state index in [1.54, 1.807) is 0 Å². The van der Waals surface area contributed by atoms with Gasteiger partial charge in [-0.25, -0.2) is 4.68 Å². The molecule has 3 unspecified atom stereocenters. The van der Waals surface area contributed by atoms with Crippen LogP contribution in [0.15, 0.2) is 0 Å². The van der Waals surface area contributed by atoms with Crippen LogP contribution < -0.4 is 0 Å². The number of tetrazole rings is 1. The lowest BCUT2D eigenvalue weighted by atomic mass is 9.94. The molecule has 0 bridgehead atoms. The zero-order valence-corrected chi connectivity index (χ0v) is 9.42. The van der Waals surface area contributed by atoms with Crippen LogP contribution >= 0.6 is 12.2 Å². The van der Waals surface area contributed by atoms with Crippen LogP contribution in [-0.2, 0) is 0 Å². The third-order valence-corrected chi connectivity index (χ3v) is 3.81. The Kier molecular flexibility index (Phi) is 2.67. The molecule has 4 nitrogen and oxygen atoms in total. The van der Waals surface area contributed by atoms with Gasteiger partial charge in [-0.1, -0.05) is 30.6 Å². The molecule has 0 radical (unpaired) electrons. The summed E-state index contributed by atoms with van der Waals surface area (Å²) in [5.74, 6) is 1.50. The van der Waals surface area contributed by atoms with Gasteiger partial charge in [-0.05, 0) is 36.9 Å². The lowest BCUT2D eigenvalue weighted by Gasteiger charge is -2.19. The Hall–Kier alpha value is -0.710. The lowest BCUT2D eigenvalue weighted by molar-refractivity contribution is 0.306. The molecule has 0 aliphatic heterocycles. The van der Waals surface area contributed by atoms with E-state index in [1.807, 2.05) is 4.68 Å². The number of nitrogens with zero attached hydrogens (tertiary/aromatic N) is 3. The van der Waals surface area contributed by atoms with Gasteiger partial charge in [0.15, 0.2) is 0 Å². The van der Waals surface area contributed by atoms with Crippen LogP contribution in [-0.4, -0.2) is 20.2 Å². The highest BCUT2D eigenvalue weighted by Gasteiger charge is 2.33. The van der Waals surface area contributed by atoms with Gasteiger partial charge in [0, 0.05) is 0 Å². The Morgan fingerprint density at radius 2 is 2.36 bits per heavy atom. The van der Waals surface area contributed by atoms with Gasteiger partial charge in [-0.15, -0.1) is 0 Å². The van der Waals surface area contributed by atoms with Crippen LogP contribution in [0.5, 0.6) is 0 Å². The van der Waals surface area contributed by atoms with Gasteiger partial charge in [0.2, 0.25) is 4.77 Å². The molecule has 0 amide bonds. The van der Waals surface area contributed by atoms with Crippen LogP contribution in [0.25, 0.3) is 0 Å². The summed E-state index contributed by atoms with van der Waals surface area (Å²) in [4.78, 5) is 0. The van der Waals surface area contributed by atoms with Crippen molar-refractivity contribution in [3.05, 3.63) is 4.77 Å². The van der Waals surface area contributed by atoms with Crippen LogP contribution in [0.4, 0.5) is 0 Å². The van der Waals surface area contributed by atoms with Crippen molar-refractivity contribution in [2.75, 3.05) is 0 Å². The zero-order chi connectivity index (χ0) is 10.1. The fourth-order valence-corrected chi connectivity index (χ4v) is 2.80. The highest BCUT2D eigenvalue weighted by Crippen LogP contribution is 2.41. The zero-order valence-electron chi connectivity index (χ0n) is 8.60. The predicted molar refractivity (Wildman–Crippen MR) is 56.4 cm³/mol. The molecule has 1 fully saturated rings. The highest BCUT2D eigenvalue weighted by molar-refractivity contribution is 7.71. The van der Waals surface area contributed by atoms with E-state index in [2.05, 4.69) is 29.4 Å². The largest absolute Gasteiger partial charge is 0.239 e. The summed E-state index contributed by atoms with van der Waals surface area (Å²) in [6, 6.07) is 0.474. The van der Waals surface area contributed by atoms with Crippen molar-refractivity contribution in [3.63, 3.8) is 0 Å². The van der Waals surface area contributed by atoms with E-state index >= 15 is 0 Å². The van der Waals surface area contributed by atoms with Crippen molar-refractivity contribution >= 4 is 12.2 Å². The van der Waals surface area contributed by atoms with E-state index in [9.17, 15) is 0 Å². The average molecular weight is 212 g/mol. The van der Waals surface area contributed by atoms with Gasteiger partial charge < -0.3 is 0 Å². The average Bonchev–Trinajstić information content (AvgIpc) is 2.72. The molecule has 78 valence electrons. The fourth-order valence-electron chi connectivity index (χ4n) is 2.59. The summed E-state index contributed by atoms with van der Waals surface area (Å²) in [6.45, 7) is 4.56. The number of nitrogens with one attached hydrogen (secondary N) is 1. The molecule has 1 N–H and O–H groups in total. The molecule has 1 aliphatic carbocycles. The van der Waals surface area contributed by atoms with Crippen LogP contribution in [0, 0.1) is 16.6 Å². The standard InChI is InChI=1S/C9H16N4S/c1-3-7-4-5-8(6(7)2)13-9(14)10-11-12-13/h6-8H,3-5H2,1-2H3,(H,10,12,14). The summed E-state index contributed by atoms with van der Waals surface area (Å²) in [6.07, 6.45) is 3.74. The van der Waals surface area contributed by atoms with E-state index in [-0.39, 0.29) is 0 Å². The molecule has 1 heterocycles. The van der Waals surface area contributed by atoms with Gasteiger partial charge in [-0.3, -0.25) is 0 Å². The number of hydrogen-bond donors (Lipinski definition) is 1. The van der Waals surface area contributed by atoms with Gasteiger partial charge in [0.05, 0.1) is 6.04 Å². The van der Waals surface area contributed by atoms with Crippen LogP contribution in [0.3, 0.4) is 0 Å². The molecule has 14 heavy (non-hydrogen) atoms. The van der Waals surface area contributed by atoms with E-state index in [4.69, 9.17) is 12.2 Å². The van der Waals surface area contributed by atoms with Crippen LogP contribution in [0.2, 0.25) is 0 Å². The summed E-state index contributed by atoms with van der Waals surface area (Å²) in [5.41, 5.74) is 0. The maximum absolute atomic E-state index is 5.11. The number of rotatable bonds is 2. The van der Waals surface area contributed by atoms with E-state index < -0.39 is 0 Å². The summed E-state index contributed by atoms with van der Waals surface area (Å²) >= 11 is 5.11. The molecule has 2 rings (SSSR count). The van der Waals surface area contributed by atoms with Gasteiger partial charge in [0.1, 0.15) is 0 Å². The number of H-pyrrole nitrogens is 1. The Labute approximate surface area is 88.7 Å². The van der Waals surface area contributed by atoms with E-state index in [1.165, 1.54) is 19.3 Å².